The fourth-order valence-corrected chi connectivity index (χ4v) is 4.06. The molecule has 1 unspecified atom stereocenters. The van der Waals surface area contributed by atoms with Crippen molar-refractivity contribution < 1.29 is 4.74 Å². The van der Waals surface area contributed by atoms with Crippen LogP contribution in [0, 0.1) is 6.92 Å². The molecule has 4 aromatic rings. The number of aryl methyl sites for hydroxylation is 1. The highest BCUT2D eigenvalue weighted by molar-refractivity contribution is 5.69. The fourth-order valence-electron chi connectivity index (χ4n) is 4.06. The van der Waals surface area contributed by atoms with Crippen LogP contribution in [0.4, 0.5) is 11.6 Å². The van der Waals surface area contributed by atoms with Gasteiger partial charge in [0.05, 0.1) is 24.2 Å². The van der Waals surface area contributed by atoms with Gasteiger partial charge in [-0.05, 0) is 62.2 Å². The molecule has 0 bridgehead atoms. The molecule has 6 nitrogen and oxygen atoms in total. The first-order valence-corrected chi connectivity index (χ1v) is 10.1. The van der Waals surface area contributed by atoms with Crippen LogP contribution in [0.1, 0.15) is 18.2 Å². The molecule has 0 N–H and O–H groups in total. The van der Waals surface area contributed by atoms with Gasteiger partial charge in [0.15, 0.2) is 0 Å². The molecule has 0 amide bonds. The fraction of sp³-hybridized carbons (Fsp3) is 0.208. The van der Waals surface area contributed by atoms with E-state index in [1.165, 1.54) is 11.3 Å². The van der Waals surface area contributed by atoms with Gasteiger partial charge in [-0.3, -0.25) is 0 Å². The number of anilines is 2. The number of hydrogen-bond donors (Lipinski definition) is 0. The van der Waals surface area contributed by atoms with Gasteiger partial charge in [-0.1, -0.05) is 18.2 Å². The molecular formula is C24H23N5O. The third-order valence-corrected chi connectivity index (χ3v) is 5.58. The molecule has 1 atom stereocenters. The molecule has 5 rings (SSSR count). The van der Waals surface area contributed by atoms with Gasteiger partial charge in [0, 0.05) is 29.7 Å². The van der Waals surface area contributed by atoms with E-state index in [9.17, 15) is 0 Å². The summed E-state index contributed by atoms with van der Waals surface area (Å²) in [4.78, 5) is 11.7. The molecule has 0 aliphatic carbocycles. The van der Waals surface area contributed by atoms with E-state index in [1.54, 1.807) is 7.11 Å². The van der Waals surface area contributed by atoms with E-state index in [2.05, 4.69) is 41.1 Å². The molecule has 2 aromatic heterocycles. The highest BCUT2D eigenvalue weighted by Gasteiger charge is 2.28. The Morgan fingerprint density at radius 2 is 1.83 bits per heavy atom. The maximum atomic E-state index is 5.25. The van der Waals surface area contributed by atoms with Gasteiger partial charge in [0.25, 0.3) is 0 Å². The van der Waals surface area contributed by atoms with Crippen molar-refractivity contribution in [1.29, 1.82) is 0 Å². The molecular weight excluding hydrogens is 374 g/mol. The molecule has 0 saturated heterocycles. The molecule has 3 heterocycles. The molecule has 0 saturated carbocycles. The van der Waals surface area contributed by atoms with Gasteiger partial charge in [-0.15, -0.1) is 0 Å². The predicted molar refractivity (Wildman–Crippen MR) is 118 cm³/mol. The summed E-state index contributed by atoms with van der Waals surface area (Å²) < 4.78 is 7.12. The number of hydrogen-bond acceptors (Lipinski definition) is 5. The number of benzene rings is 2. The topological polar surface area (TPSA) is 56.1 Å². The average Bonchev–Trinajstić information content (AvgIpc) is 3.33. The summed E-state index contributed by atoms with van der Waals surface area (Å²) >= 11 is 0. The summed E-state index contributed by atoms with van der Waals surface area (Å²) in [7, 11) is 1.66. The Kier molecular flexibility index (Phi) is 4.47. The molecule has 1 aliphatic rings. The van der Waals surface area contributed by atoms with Crippen LogP contribution in [0.5, 0.6) is 5.75 Å². The quantitative estimate of drug-likeness (QED) is 0.498. The van der Waals surface area contributed by atoms with Gasteiger partial charge in [-0.25, -0.2) is 14.6 Å². The Balaban J connectivity index is 1.51. The summed E-state index contributed by atoms with van der Waals surface area (Å²) in [5.74, 6) is 1.55. The van der Waals surface area contributed by atoms with Crippen LogP contribution in [0.3, 0.4) is 0 Å². The zero-order chi connectivity index (χ0) is 20.7. The number of fused-ring (bicyclic) bond motifs is 1. The summed E-state index contributed by atoms with van der Waals surface area (Å²) in [5, 5.41) is 4.69. The van der Waals surface area contributed by atoms with Gasteiger partial charge in [0.1, 0.15) is 5.75 Å². The predicted octanol–water partition coefficient (Wildman–Crippen LogP) is 4.73. The zero-order valence-corrected chi connectivity index (χ0v) is 17.3. The maximum absolute atomic E-state index is 5.25. The Hall–Kier alpha value is -3.67. The van der Waals surface area contributed by atoms with Crippen LogP contribution in [0.25, 0.3) is 16.9 Å². The standard InChI is InChI=1S/C24H23N5O/c1-16-14-18-6-4-5-7-23(18)29(16)24-25-13-12-22(26-24)21-15-28(27-17(21)2)19-8-10-20(30-3)11-9-19/h4-13,15-16H,14H2,1-3H3. The van der Waals surface area contributed by atoms with Crippen molar-refractivity contribution in [3.63, 3.8) is 0 Å². The van der Waals surface area contributed by atoms with Crippen molar-refractivity contribution in [3.8, 4) is 22.7 Å². The number of para-hydroxylation sites is 1. The van der Waals surface area contributed by atoms with Crippen molar-refractivity contribution in [3.05, 3.63) is 78.2 Å². The second kappa shape index (κ2) is 7.30. The largest absolute Gasteiger partial charge is 0.497 e. The van der Waals surface area contributed by atoms with Crippen LogP contribution in [-0.2, 0) is 6.42 Å². The molecule has 30 heavy (non-hydrogen) atoms. The first-order valence-electron chi connectivity index (χ1n) is 10.1. The molecule has 150 valence electrons. The summed E-state index contributed by atoms with van der Waals surface area (Å²) in [6.07, 6.45) is 4.85. The van der Waals surface area contributed by atoms with Gasteiger partial charge in [-0.2, -0.15) is 5.10 Å². The lowest BCUT2D eigenvalue weighted by Gasteiger charge is -2.22. The first kappa shape index (κ1) is 18.4. The van der Waals surface area contributed by atoms with Gasteiger partial charge < -0.3 is 9.64 Å². The first-order chi connectivity index (χ1) is 14.6. The lowest BCUT2D eigenvalue weighted by molar-refractivity contribution is 0.414. The SMILES string of the molecule is COc1ccc(-n2cc(-c3ccnc(N4c5ccccc5CC4C)n3)c(C)n2)cc1. The zero-order valence-electron chi connectivity index (χ0n) is 17.3. The number of ether oxygens (including phenoxy) is 1. The number of rotatable bonds is 4. The average molecular weight is 397 g/mol. The van der Waals surface area contributed by atoms with E-state index in [4.69, 9.17) is 14.8 Å². The van der Waals surface area contributed by atoms with Gasteiger partial charge in [0.2, 0.25) is 5.95 Å². The Bertz CT molecular complexity index is 1200. The van der Waals surface area contributed by atoms with E-state index in [1.807, 2.05) is 54.3 Å². The smallest absolute Gasteiger partial charge is 0.230 e. The van der Waals surface area contributed by atoms with E-state index < -0.39 is 0 Å². The van der Waals surface area contributed by atoms with E-state index in [0.29, 0.717) is 6.04 Å². The second-order valence-electron chi connectivity index (χ2n) is 7.56. The third-order valence-electron chi connectivity index (χ3n) is 5.58. The molecule has 0 spiro atoms. The molecule has 1 aliphatic heterocycles. The lowest BCUT2D eigenvalue weighted by atomic mass is 10.1. The minimum atomic E-state index is 0.320. The maximum Gasteiger partial charge on any atom is 0.230 e. The van der Waals surface area contributed by atoms with E-state index in [0.717, 1.165) is 40.8 Å². The Labute approximate surface area is 175 Å². The minimum absolute atomic E-state index is 0.320. The van der Waals surface area contributed by atoms with Crippen LogP contribution in [0.15, 0.2) is 67.0 Å². The molecule has 6 heteroatoms. The molecule has 0 radical (unpaired) electrons. The number of aromatic nitrogens is 4. The van der Waals surface area contributed by atoms with Crippen molar-refractivity contribution >= 4 is 11.6 Å². The van der Waals surface area contributed by atoms with Crippen LogP contribution in [0.2, 0.25) is 0 Å². The molecule has 0 fully saturated rings. The lowest BCUT2D eigenvalue weighted by Crippen LogP contribution is -2.25. The van der Waals surface area contributed by atoms with Crippen molar-refractivity contribution in [2.24, 2.45) is 0 Å². The third kappa shape index (κ3) is 3.10. The van der Waals surface area contributed by atoms with Crippen LogP contribution >= 0.6 is 0 Å². The van der Waals surface area contributed by atoms with Crippen molar-refractivity contribution in [2.45, 2.75) is 26.3 Å². The monoisotopic (exact) mass is 397 g/mol. The number of methoxy groups -OCH3 is 1. The highest BCUT2D eigenvalue weighted by Crippen LogP contribution is 2.37. The number of nitrogens with zero attached hydrogens (tertiary/aromatic N) is 5. The van der Waals surface area contributed by atoms with Crippen molar-refractivity contribution in [2.75, 3.05) is 12.0 Å². The Morgan fingerprint density at radius 1 is 1.03 bits per heavy atom. The molecule has 2 aromatic carbocycles. The van der Waals surface area contributed by atoms with Crippen LogP contribution < -0.4 is 9.64 Å². The Morgan fingerprint density at radius 3 is 2.63 bits per heavy atom. The summed E-state index contributed by atoms with van der Waals surface area (Å²) in [6, 6.07) is 18.6. The van der Waals surface area contributed by atoms with Crippen molar-refractivity contribution in [1.82, 2.24) is 19.7 Å². The second-order valence-corrected chi connectivity index (χ2v) is 7.56. The normalized spacial score (nSPS) is 15.3. The summed E-state index contributed by atoms with van der Waals surface area (Å²) in [5.41, 5.74) is 6.28. The van der Waals surface area contributed by atoms with Crippen LogP contribution in [-0.4, -0.2) is 32.9 Å². The van der Waals surface area contributed by atoms with E-state index >= 15 is 0 Å². The van der Waals surface area contributed by atoms with E-state index in [-0.39, 0.29) is 0 Å². The highest BCUT2D eigenvalue weighted by atomic mass is 16.5. The van der Waals surface area contributed by atoms with Gasteiger partial charge >= 0.3 is 0 Å². The minimum Gasteiger partial charge on any atom is -0.497 e. The summed E-state index contributed by atoms with van der Waals surface area (Å²) in [6.45, 7) is 4.22.